The Morgan fingerprint density at radius 2 is 1.72 bits per heavy atom. The number of methoxy groups -OCH3 is 1. The molecular formula is C30H33N3O3. The van der Waals surface area contributed by atoms with Crippen molar-refractivity contribution in [2.45, 2.75) is 58.6 Å². The number of nitrogen functional groups attached to an aromatic ring is 1. The van der Waals surface area contributed by atoms with E-state index in [-0.39, 0.29) is 17.0 Å². The standard InChI is InChI=1S/C30H33N3O3/c1-17(34)32-21-10-7-18(8-11-21)19-9-12-24(31)22(13-19)27-26-20(15-29(2,3)33-27)14-25(35-6)28-23(26)16-30(4,5)36-28/h7-14H,15-16,31H2,1-6H3,(H,32,34). The lowest BCUT2D eigenvalue weighted by Gasteiger charge is -2.31. The molecule has 0 aromatic heterocycles. The summed E-state index contributed by atoms with van der Waals surface area (Å²) in [5, 5.41) is 2.82. The highest BCUT2D eigenvalue weighted by molar-refractivity contribution is 6.19. The summed E-state index contributed by atoms with van der Waals surface area (Å²) < 4.78 is 12.1. The van der Waals surface area contributed by atoms with Crippen LogP contribution in [0.5, 0.6) is 11.5 Å². The van der Waals surface area contributed by atoms with E-state index in [1.54, 1.807) is 7.11 Å². The molecule has 2 aliphatic heterocycles. The molecule has 3 aromatic rings. The number of aliphatic imine (C=N–C) groups is 1. The van der Waals surface area contributed by atoms with E-state index in [2.05, 4.69) is 45.1 Å². The molecule has 6 heteroatoms. The lowest BCUT2D eigenvalue weighted by Crippen LogP contribution is -2.31. The van der Waals surface area contributed by atoms with Gasteiger partial charge in [0.15, 0.2) is 11.5 Å². The molecule has 0 unspecified atom stereocenters. The Hall–Kier alpha value is -3.80. The average molecular weight is 484 g/mol. The van der Waals surface area contributed by atoms with Crippen molar-refractivity contribution in [1.82, 2.24) is 0 Å². The van der Waals surface area contributed by atoms with Crippen LogP contribution in [0.15, 0.2) is 53.5 Å². The number of rotatable bonds is 4. The van der Waals surface area contributed by atoms with Gasteiger partial charge in [-0.2, -0.15) is 0 Å². The van der Waals surface area contributed by atoms with Crippen LogP contribution in [0.3, 0.4) is 0 Å². The lowest BCUT2D eigenvalue weighted by molar-refractivity contribution is -0.114. The molecule has 0 atom stereocenters. The number of nitrogens with two attached hydrogens (primary N) is 1. The Balaban J connectivity index is 1.66. The zero-order valence-corrected chi connectivity index (χ0v) is 21.8. The van der Waals surface area contributed by atoms with Gasteiger partial charge in [-0.1, -0.05) is 18.2 Å². The zero-order valence-electron chi connectivity index (χ0n) is 21.8. The summed E-state index contributed by atoms with van der Waals surface area (Å²) in [5.41, 5.74) is 14.7. The van der Waals surface area contributed by atoms with Gasteiger partial charge in [-0.05, 0) is 81.1 Å². The number of benzene rings is 3. The first-order valence-corrected chi connectivity index (χ1v) is 12.3. The van der Waals surface area contributed by atoms with Crippen molar-refractivity contribution in [3.05, 3.63) is 70.8 Å². The summed E-state index contributed by atoms with van der Waals surface area (Å²) in [4.78, 5) is 16.6. The molecule has 5 rings (SSSR count). The van der Waals surface area contributed by atoms with Crippen molar-refractivity contribution in [2.24, 2.45) is 4.99 Å². The van der Waals surface area contributed by atoms with E-state index in [1.807, 2.05) is 36.4 Å². The van der Waals surface area contributed by atoms with Gasteiger partial charge < -0.3 is 20.5 Å². The first kappa shape index (κ1) is 23.9. The molecule has 0 saturated carbocycles. The fourth-order valence-electron chi connectivity index (χ4n) is 5.31. The Labute approximate surface area is 212 Å². The summed E-state index contributed by atoms with van der Waals surface area (Å²) in [7, 11) is 1.69. The van der Waals surface area contributed by atoms with Crippen molar-refractivity contribution in [2.75, 3.05) is 18.2 Å². The molecule has 0 aliphatic carbocycles. The summed E-state index contributed by atoms with van der Waals surface area (Å²) in [6.45, 7) is 10.0. The Kier molecular flexibility index (Phi) is 5.58. The molecule has 2 heterocycles. The van der Waals surface area contributed by atoms with Gasteiger partial charge in [0, 0.05) is 41.4 Å². The fraction of sp³-hybridized carbons (Fsp3) is 0.333. The Morgan fingerprint density at radius 3 is 2.39 bits per heavy atom. The van der Waals surface area contributed by atoms with Crippen LogP contribution < -0.4 is 20.5 Å². The first-order chi connectivity index (χ1) is 17.0. The molecule has 0 radical (unpaired) electrons. The number of nitrogens with one attached hydrogen (secondary N) is 1. The zero-order chi connectivity index (χ0) is 25.8. The van der Waals surface area contributed by atoms with E-state index in [1.165, 1.54) is 12.5 Å². The quantitative estimate of drug-likeness (QED) is 0.460. The predicted molar refractivity (Wildman–Crippen MR) is 145 cm³/mol. The monoisotopic (exact) mass is 483 g/mol. The van der Waals surface area contributed by atoms with Crippen molar-refractivity contribution in [1.29, 1.82) is 0 Å². The predicted octanol–water partition coefficient (Wildman–Crippen LogP) is 5.79. The van der Waals surface area contributed by atoms with Gasteiger partial charge in [0.2, 0.25) is 5.91 Å². The molecule has 0 fully saturated rings. The molecule has 3 aromatic carbocycles. The second-order valence-electron chi connectivity index (χ2n) is 11.0. The number of fused-ring (bicyclic) bond motifs is 3. The minimum atomic E-state index is -0.328. The molecule has 0 saturated heterocycles. The SMILES string of the molecule is COc1cc2c(c3c1OC(C)(C)C3)C(c1cc(-c3ccc(NC(C)=O)cc3)ccc1N)=NC(C)(C)C2. The maximum atomic E-state index is 11.4. The third-order valence-electron chi connectivity index (χ3n) is 6.75. The van der Waals surface area contributed by atoms with Crippen LogP contribution in [0, 0.1) is 0 Å². The number of nitrogens with zero attached hydrogens (tertiary/aromatic N) is 1. The van der Waals surface area contributed by atoms with E-state index in [0.29, 0.717) is 5.69 Å². The number of amides is 1. The van der Waals surface area contributed by atoms with Gasteiger partial charge in [0.1, 0.15) is 5.60 Å². The molecule has 2 aliphatic rings. The summed E-state index contributed by atoms with van der Waals surface area (Å²) in [5.74, 6) is 1.48. The van der Waals surface area contributed by atoms with Crippen LogP contribution in [0.2, 0.25) is 0 Å². The normalized spacial score (nSPS) is 16.9. The molecule has 6 nitrogen and oxygen atoms in total. The highest BCUT2D eigenvalue weighted by atomic mass is 16.5. The molecular weight excluding hydrogens is 450 g/mol. The number of hydrogen-bond donors (Lipinski definition) is 2. The van der Waals surface area contributed by atoms with Crippen LogP contribution in [0.4, 0.5) is 11.4 Å². The van der Waals surface area contributed by atoms with E-state index >= 15 is 0 Å². The van der Waals surface area contributed by atoms with Crippen LogP contribution in [0.1, 0.15) is 56.9 Å². The Morgan fingerprint density at radius 1 is 1.03 bits per heavy atom. The Bertz CT molecular complexity index is 1400. The van der Waals surface area contributed by atoms with Gasteiger partial charge in [0.25, 0.3) is 0 Å². The number of hydrogen-bond acceptors (Lipinski definition) is 5. The molecule has 0 bridgehead atoms. The largest absolute Gasteiger partial charge is 0.493 e. The van der Waals surface area contributed by atoms with Crippen LogP contribution in [-0.2, 0) is 17.6 Å². The van der Waals surface area contributed by atoms with E-state index in [0.717, 1.165) is 63.6 Å². The minimum Gasteiger partial charge on any atom is -0.493 e. The van der Waals surface area contributed by atoms with E-state index < -0.39 is 0 Å². The van der Waals surface area contributed by atoms with Gasteiger partial charge in [-0.3, -0.25) is 9.79 Å². The lowest BCUT2D eigenvalue weighted by atomic mass is 9.80. The first-order valence-electron chi connectivity index (χ1n) is 12.3. The maximum absolute atomic E-state index is 11.4. The van der Waals surface area contributed by atoms with E-state index in [9.17, 15) is 4.79 Å². The average Bonchev–Trinajstić information content (AvgIpc) is 3.12. The van der Waals surface area contributed by atoms with Gasteiger partial charge in [-0.15, -0.1) is 0 Å². The van der Waals surface area contributed by atoms with Crippen LogP contribution >= 0.6 is 0 Å². The highest BCUT2D eigenvalue weighted by Crippen LogP contribution is 2.48. The molecule has 0 spiro atoms. The third-order valence-corrected chi connectivity index (χ3v) is 6.75. The summed E-state index contributed by atoms with van der Waals surface area (Å²) in [6.07, 6.45) is 1.58. The summed E-state index contributed by atoms with van der Waals surface area (Å²) >= 11 is 0. The van der Waals surface area contributed by atoms with Crippen molar-refractivity contribution >= 4 is 23.0 Å². The molecule has 186 valence electrons. The molecule has 36 heavy (non-hydrogen) atoms. The summed E-state index contributed by atoms with van der Waals surface area (Å²) in [6, 6.07) is 16.0. The number of ether oxygens (including phenoxy) is 2. The minimum absolute atomic E-state index is 0.0922. The second-order valence-corrected chi connectivity index (χ2v) is 11.0. The number of carbonyl (C=O) groups excluding carboxylic acids is 1. The second kappa shape index (κ2) is 8.40. The van der Waals surface area contributed by atoms with Crippen molar-refractivity contribution < 1.29 is 14.3 Å². The molecule has 3 N–H and O–H groups in total. The number of anilines is 2. The van der Waals surface area contributed by atoms with Gasteiger partial charge in [-0.25, -0.2) is 0 Å². The van der Waals surface area contributed by atoms with Crippen molar-refractivity contribution in [3.63, 3.8) is 0 Å². The topological polar surface area (TPSA) is 85.9 Å². The fourth-order valence-corrected chi connectivity index (χ4v) is 5.31. The van der Waals surface area contributed by atoms with Crippen LogP contribution in [-0.4, -0.2) is 29.9 Å². The smallest absolute Gasteiger partial charge is 0.221 e. The maximum Gasteiger partial charge on any atom is 0.221 e. The van der Waals surface area contributed by atoms with Crippen LogP contribution in [0.25, 0.3) is 11.1 Å². The van der Waals surface area contributed by atoms with Gasteiger partial charge in [0.05, 0.1) is 18.4 Å². The van der Waals surface area contributed by atoms with Gasteiger partial charge >= 0.3 is 0 Å². The number of carbonyl (C=O) groups is 1. The highest BCUT2D eigenvalue weighted by Gasteiger charge is 2.40. The molecule has 1 amide bonds. The van der Waals surface area contributed by atoms with Crippen molar-refractivity contribution in [3.8, 4) is 22.6 Å². The third kappa shape index (κ3) is 4.32. The van der Waals surface area contributed by atoms with E-state index in [4.69, 9.17) is 20.2 Å².